The van der Waals surface area contributed by atoms with Crippen molar-refractivity contribution in [2.45, 2.75) is 38.5 Å². The first-order chi connectivity index (χ1) is 6.70. The zero-order chi connectivity index (χ0) is 9.76. The Morgan fingerprint density at radius 2 is 1.43 bits per heavy atom. The number of hydrogen-bond donors (Lipinski definition) is 0. The highest BCUT2D eigenvalue weighted by Crippen LogP contribution is 2.54. The summed E-state index contributed by atoms with van der Waals surface area (Å²) in [5.41, 5.74) is 3.86. The monoisotopic (exact) mass is 334 g/mol. The first-order valence-corrected chi connectivity index (χ1v) is 7.56. The standard InChI is InChI=1S/C11H12Br2S/c12-9-7-5-11(3-1-2-4-11)6-8(7)10(13)14-9/h1-6H2. The Kier molecular flexibility index (Phi) is 2.34. The molecule has 0 radical (unpaired) electrons. The molecule has 0 aliphatic heterocycles. The zero-order valence-corrected chi connectivity index (χ0v) is 11.9. The Hall–Kier alpha value is 0.660. The van der Waals surface area contributed by atoms with Gasteiger partial charge in [0.15, 0.2) is 0 Å². The first kappa shape index (κ1) is 9.86. The van der Waals surface area contributed by atoms with Crippen LogP contribution < -0.4 is 0 Å². The van der Waals surface area contributed by atoms with E-state index in [2.05, 4.69) is 31.9 Å². The number of halogens is 2. The fourth-order valence-corrected chi connectivity index (χ4v) is 6.26. The van der Waals surface area contributed by atoms with Crippen LogP contribution in [0.2, 0.25) is 0 Å². The van der Waals surface area contributed by atoms with Crippen molar-refractivity contribution >= 4 is 43.2 Å². The van der Waals surface area contributed by atoms with Crippen LogP contribution in [-0.4, -0.2) is 0 Å². The zero-order valence-electron chi connectivity index (χ0n) is 7.91. The second-order valence-corrected chi connectivity index (χ2v) is 8.32. The van der Waals surface area contributed by atoms with Gasteiger partial charge in [0.1, 0.15) is 0 Å². The summed E-state index contributed by atoms with van der Waals surface area (Å²) < 4.78 is 2.73. The maximum absolute atomic E-state index is 3.69. The van der Waals surface area contributed by atoms with Crippen LogP contribution in [0, 0.1) is 5.41 Å². The molecule has 0 amide bonds. The van der Waals surface area contributed by atoms with Gasteiger partial charge >= 0.3 is 0 Å². The molecule has 1 fully saturated rings. The second kappa shape index (κ2) is 3.33. The molecule has 0 nitrogen and oxygen atoms in total. The van der Waals surface area contributed by atoms with E-state index in [0.717, 1.165) is 0 Å². The quantitative estimate of drug-likeness (QED) is 0.630. The van der Waals surface area contributed by atoms with Gasteiger partial charge in [-0.2, -0.15) is 0 Å². The molecule has 1 saturated carbocycles. The molecule has 0 saturated heterocycles. The van der Waals surface area contributed by atoms with Gasteiger partial charge in [0.25, 0.3) is 0 Å². The minimum atomic E-state index is 0.656. The van der Waals surface area contributed by atoms with E-state index in [4.69, 9.17) is 0 Å². The predicted molar refractivity (Wildman–Crippen MR) is 68.0 cm³/mol. The SMILES string of the molecule is Brc1sc(Br)c2c1CC1(CCCC1)C2. The lowest BCUT2D eigenvalue weighted by Gasteiger charge is -2.22. The number of thiophene rings is 1. The van der Waals surface area contributed by atoms with Crippen molar-refractivity contribution in [1.29, 1.82) is 0 Å². The molecular weight excluding hydrogens is 324 g/mol. The van der Waals surface area contributed by atoms with Crippen LogP contribution in [0.1, 0.15) is 36.8 Å². The molecule has 2 aliphatic carbocycles. The molecule has 1 spiro atoms. The smallest absolute Gasteiger partial charge is 0.0745 e. The van der Waals surface area contributed by atoms with Crippen molar-refractivity contribution in [2.24, 2.45) is 5.41 Å². The highest BCUT2D eigenvalue weighted by Gasteiger charge is 2.41. The van der Waals surface area contributed by atoms with E-state index in [1.807, 2.05) is 11.3 Å². The summed E-state index contributed by atoms with van der Waals surface area (Å²) in [4.78, 5) is 0. The number of rotatable bonds is 0. The molecule has 0 N–H and O–H groups in total. The lowest BCUT2D eigenvalue weighted by Crippen LogP contribution is -2.16. The summed E-state index contributed by atoms with van der Waals surface area (Å²) in [5, 5.41) is 0. The Morgan fingerprint density at radius 1 is 0.929 bits per heavy atom. The van der Waals surface area contributed by atoms with Gasteiger partial charge in [-0.3, -0.25) is 0 Å². The minimum Gasteiger partial charge on any atom is -0.121 e. The molecule has 0 unspecified atom stereocenters. The Balaban J connectivity index is 2.00. The van der Waals surface area contributed by atoms with E-state index in [0.29, 0.717) is 5.41 Å². The van der Waals surface area contributed by atoms with Crippen LogP contribution >= 0.6 is 43.2 Å². The van der Waals surface area contributed by atoms with Crippen molar-refractivity contribution in [2.75, 3.05) is 0 Å². The van der Waals surface area contributed by atoms with Crippen molar-refractivity contribution in [3.63, 3.8) is 0 Å². The van der Waals surface area contributed by atoms with Crippen LogP contribution in [0.15, 0.2) is 7.57 Å². The van der Waals surface area contributed by atoms with Crippen LogP contribution in [0.5, 0.6) is 0 Å². The molecule has 0 atom stereocenters. The van der Waals surface area contributed by atoms with Crippen molar-refractivity contribution < 1.29 is 0 Å². The maximum atomic E-state index is 3.69. The average molecular weight is 336 g/mol. The predicted octanol–water partition coefficient (Wildman–Crippen LogP) is 4.93. The lowest BCUT2D eigenvalue weighted by molar-refractivity contribution is 0.317. The normalized spacial score (nSPS) is 23.3. The van der Waals surface area contributed by atoms with Crippen molar-refractivity contribution in [3.05, 3.63) is 18.7 Å². The molecular formula is C11H12Br2S. The van der Waals surface area contributed by atoms with E-state index in [-0.39, 0.29) is 0 Å². The molecule has 1 aromatic rings. The van der Waals surface area contributed by atoms with Gasteiger partial charge in [0.05, 0.1) is 7.57 Å². The molecule has 76 valence electrons. The van der Waals surface area contributed by atoms with Gasteiger partial charge < -0.3 is 0 Å². The third-order valence-corrected chi connectivity index (χ3v) is 6.57. The fourth-order valence-electron chi connectivity index (χ4n) is 3.08. The molecule has 14 heavy (non-hydrogen) atoms. The molecule has 2 aliphatic rings. The number of hydrogen-bond acceptors (Lipinski definition) is 1. The van der Waals surface area contributed by atoms with Crippen LogP contribution in [-0.2, 0) is 12.8 Å². The molecule has 3 heteroatoms. The largest absolute Gasteiger partial charge is 0.121 e. The summed E-state index contributed by atoms with van der Waals surface area (Å²) in [6, 6.07) is 0. The van der Waals surface area contributed by atoms with Gasteiger partial charge in [0.2, 0.25) is 0 Å². The Morgan fingerprint density at radius 3 is 1.93 bits per heavy atom. The Labute approximate surface area is 105 Å². The summed E-state index contributed by atoms with van der Waals surface area (Å²) in [6.07, 6.45) is 8.44. The van der Waals surface area contributed by atoms with Gasteiger partial charge in [-0.25, -0.2) is 0 Å². The molecule has 1 aromatic heterocycles. The van der Waals surface area contributed by atoms with Gasteiger partial charge in [-0.15, -0.1) is 11.3 Å². The fraction of sp³-hybridized carbons (Fsp3) is 0.636. The van der Waals surface area contributed by atoms with Gasteiger partial charge in [0, 0.05) is 0 Å². The first-order valence-electron chi connectivity index (χ1n) is 5.16. The highest BCUT2D eigenvalue weighted by molar-refractivity contribution is 9.12. The van der Waals surface area contributed by atoms with E-state index >= 15 is 0 Å². The summed E-state index contributed by atoms with van der Waals surface area (Å²) >= 11 is 9.22. The van der Waals surface area contributed by atoms with E-state index in [9.17, 15) is 0 Å². The van der Waals surface area contributed by atoms with E-state index in [1.54, 1.807) is 11.1 Å². The molecule has 3 rings (SSSR count). The minimum absolute atomic E-state index is 0.656. The second-order valence-electron chi connectivity index (χ2n) is 4.67. The van der Waals surface area contributed by atoms with Gasteiger partial charge in [-0.05, 0) is 74.1 Å². The van der Waals surface area contributed by atoms with E-state index in [1.165, 1.54) is 46.1 Å². The van der Waals surface area contributed by atoms with E-state index < -0.39 is 0 Å². The lowest BCUT2D eigenvalue weighted by atomic mass is 9.83. The van der Waals surface area contributed by atoms with Crippen LogP contribution in [0.3, 0.4) is 0 Å². The summed E-state index contributed by atoms with van der Waals surface area (Å²) in [6.45, 7) is 0. The van der Waals surface area contributed by atoms with Crippen LogP contribution in [0.25, 0.3) is 0 Å². The summed E-state index contributed by atoms with van der Waals surface area (Å²) in [7, 11) is 0. The average Bonchev–Trinajstić information content (AvgIpc) is 2.79. The topological polar surface area (TPSA) is 0 Å². The van der Waals surface area contributed by atoms with Crippen LogP contribution in [0.4, 0.5) is 0 Å². The van der Waals surface area contributed by atoms with Crippen molar-refractivity contribution in [1.82, 2.24) is 0 Å². The molecule has 0 bridgehead atoms. The maximum Gasteiger partial charge on any atom is 0.0745 e. The third kappa shape index (κ3) is 1.35. The van der Waals surface area contributed by atoms with Crippen molar-refractivity contribution in [3.8, 4) is 0 Å². The van der Waals surface area contributed by atoms with Gasteiger partial charge in [-0.1, -0.05) is 12.8 Å². The Bertz CT molecular complexity index is 346. The molecule has 1 heterocycles. The highest BCUT2D eigenvalue weighted by atomic mass is 79.9. The number of fused-ring (bicyclic) bond motifs is 1. The third-order valence-electron chi connectivity index (χ3n) is 3.79. The molecule has 0 aromatic carbocycles. The summed E-state index contributed by atoms with van der Waals surface area (Å²) in [5.74, 6) is 0.